The zero-order chi connectivity index (χ0) is 18.2. The van der Waals surface area contributed by atoms with Gasteiger partial charge in [-0.25, -0.2) is 9.07 Å². The molecule has 1 aromatic heterocycles. The first-order valence-electron chi connectivity index (χ1n) is 7.59. The minimum absolute atomic E-state index is 0.0475. The molecule has 1 aromatic carbocycles. The van der Waals surface area contributed by atoms with Crippen LogP contribution in [-0.2, 0) is 6.18 Å². The number of piperazine rings is 1. The lowest BCUT2D eigenvalue weighted by Crippen LogP contribution is -2.51. The summed E-state index contributed by atoms with van der Waals surface area (Å²) in [5, 5.41) is 9.90. The predicted molar refractivity (Wildman–Crippen MR) is 79.7 cm³/mol. The van der Waals surface area contributed by atoms with Gasteiger partial charge in [-0.1, -0.05) is 17.3 Å². The average Bonchev–Trinajstić information content (AvgIpc) is 2.99. The Balaban J connectivity index is 2.06. The zero-order valence-electron chi connectivity index (χ0n) is 13.2. The van der Waals surface area contributed by atoms with Crippen LogP contribution in [0.5, 0.6) is 0 Å². The summed E-state index contributed by atoms with van der Waals surface area (Å²) in [6, 6.07) is 4.82. The van der Waals surface area contributed by atoms with E-state index in [4.69, 9.17) is 0 Å². The van der Waals surface area contributed by atoms with Gasteiger partial charge in [0.05, 0.1) is 0 Å². The quantitative estimate of drug-likeness (QED) is 0.834. The fraction of sp³-hybridized carbons (Fsp3) is 0.400. The molecule has 1 aliphatic rings. The largest absolute Gasteiger partial charge is 0.435 e. The van der Waals surface area contributed by atoms with Gasteiger partial charge in [0, 0.05) is 25.7 Å². The number of hydrogen-bond donors (Lipinski definition) is 1. The average molecular weight is 357 g/mol. The van der Waals surface area contributed by atoms with Crippen molar-refractivity contribution in [2.75, 3.05) is 19.6 Å². The second kappa shape index (κ2) is 6.43. The van der Waals surface area contributed by atoms with Gasteiger partial charge in [-0.3, -0.25) is 4.79 Å². The van der Waals surface area contributed by atoms with Crippen LogP contribution in [0.3, 0.4) is 0 Å². The summed E-state index contributed by atoms with van der Waals surface area (Å²) in [5.41, 5.74) is -2.63. The van der Waals surface area contributed by atoms with Crippen LogP contribution < -0.4 is 5.32 Å². The van der Waals surface area contributed by atoms with E-state index in [1.165, 1.54) is 17.0 Å². The second-order valence-electron chi connectivity index (χ2n) is 5.75. The van der Waals surface area contributed by atoms with E-state index in [9.17, 15) is 22.4 Å². The molecule has 1 aliphatic heterocycles. The Kier molecular flexibility index (Phi) is 4.46. The van der Waals surface area contributed by atoms with Crippen LogP contribution in [0.15, 0.2) is 24.3 Å². The van der Waals surface area contributed by atoms with Crippen molar-refractivity contribution in [3.63, 3.8) is 0 Å². The van der Waals surface area contributed by atoms with Gasteiger partial charge >= 0.3 is 6.18 Å². The highest BCUT2D eigenvalue weighted by atomic mass is 19.4. The monoisotopic (exact) mass is 357 g/mol. The highest BCUT2D eigenvalue weighted by Crippen LogP contribution is 2.33. The lowest BCUT2D eigenvalue weighted by atomic mass is 10.2. The normalized spacial score (nSPS) is 18.4. The maximum atomic E-state index is 13.9. The van der Waals surface area contributed by atoms with E-state index in [1.807, 2.05) is 6.92 Å². The molecule has 1 unspecified atom stereocenters. The molecule has 1 fully saturated rings. The van der Waals surface area contributed by atoms with Gasteiger partial charge in [-0.2, -0.15) is 13.2 Å². The maximum absolute atomic E-state index is 13.9. The van der Waals surface area contributed by atoms with Gasteiger partial charge < -0.3 is 10.2 Å². The highest BCUT2D eigenvalue weighted by molar-refractivity contribution is 5.93. The Bertz CT molecular complexity index is 788. The van der Waals surface area contributed by atoms with Crippen molar-refractivity contribution in [1.82, 2.24) is 25.2 Å². The Morgan fingerprint density at radius 3 is 2.68 bits per heavy atom. The van der Waals surface area contributed by atoms with Crippen LogP contribution in [0, 0.1) is 5.82 Å². The van der Waals surface area contributed by atoms with Crippen molar-refractivity contribution in [2.24, 2.45) is 0 Å². The summed E-state index contributed by atoms with van der Waals surface area (Å²) in [7, 11) is 0. The number of hydrogen-bond acceptors (Lipinski definition) is 4. The summed E-state index contributed by atoms with van der Waals surface area (Å²) in [4.78, 5) is 13.8. The number of aromatic nitrogens is 3. The molecule has 10 heteroatoms. The molecule has 0 aliphatic carbocycles. The van der Waals surface area contributed by atoms with Crippen LogP contribution >= 0.6 is 0 Å². The molecule has 1 amide bonds. The molecule has 0 spiro atoms. The van der Waals surface area contributed by atoms with Gasteiger partial charge in [0.1, 0.15) is 11.5 Å². The number of nitrogens with zero attached hydrogens (tertiary/aromatic N) is 4. The molecule has 1 N–H and O–H groups in total. The third-order valence-electron chi connectivity index (χ3n) is 3.88. The van der Waals surface area contributed by atoms with Crippen LogP contribution in [0.4, 0.5) is 17.6 Å². The SMILES string of the molecule is CC1CN(C(=O)c2nnn(-c3ccccc3F)c2C(F)(F)F)CCN1. The zero-order valence-corrected chi connectivity index (χ0v) is 13.2. The number of nitrogens with one attached hydrogen (secondary N) is 1. The number of para-hydroxylation sites is 1. The van der Waals surface area contributed by atoms with Gasteiger partial charge in [-0.15, -0.1) is 5.10 Å². The second-order valence-corrected chi connectivity index (χ2v) is 5.75. The molecule has 2 heterocycles. The van der Waals surface area contributed by atoms with Crippen LogP contribution in [0.2, 0.25) is 0 Å². The molecule has 0 bridgehead atoms. The van der Waals surface area contributed by atoms with E-state index in [0.717, 1.165) is 12.1 Å². The minimum atomic E-state index is -4.92. The Morgan fingerprint density at radius 2 is 2.04 bits per heavy atom. The molecule has 3 rings (SSSR count). The third-order valence-corrected chi connectivity index (χ3v) is 3.88. The fourth-order valence-electron chi connectivity index (χ4n) is 2.74. The summed E-state index contributed by atoms with van der Waals surface area (Å²) in [6.07, 6.45) is -4.92. The van der Waals surface area contributed by atoms with Gasteiger partial charge in [0.15, 0.2) is 11.4 Å². The maximum Gasteiger partial charge on any atom is 0.435 e. The standard InChI is InChI=1S/C15H15F4N5O/c1-9-8-23(7-6-20-9)14(25)12-13(15(17,18)19)24(22-21-12)11-5-3-2-4-10(11)16/h2-5,9,20H,6-8H2,1H3. The number of benzene rings is 1. The van der Waals surface area contributed by atoms with Crippen molar-refractivity contribution in [3.05, 3.63) is 41.5 Å². The smallest absolute Gasteiger partial charge is 0.334 e. The minimum Gasteiger partial charge on any atom is -0.334 e. The number of amides is 1. The summed E-state index contributed by atoms with van der Waals surface area (Å²) in [5.74, 6) is -1.77. The van der Waals surface area contributed by atoms with Gasteiger partial charge in [-0.05, 0) is 19.1 Å². The number of halogens is 4. The third kappa shape index (κ3) is 3.34. The van der Waals surface area contributed by atoms with Crippen molar-refractivity contribution in [3.8, 4) is 5.69 Å². The molecule has 0 radical (unpaired) electrons. The summed E-state index contributed by atoms with van der Waals surface area (Å²) in [6.45, 7) is 2.80. The molecule has 2 aromatic rings. The van der Waals surface area contributed by atoms with Crippen molar-refractivity contribution < 1.29 is 22.4 Å². The van der Waals surface area contributed by atoms with Crippen molar-refractivity contribution in [1.29, 1.82) is 0 Å². The number of alkyl halides is 3. The van der Waals surface area contributed by atoms with E-state index in [0.29, 0.717) is 11.2 Å². The lowest BCUT2D eigenvalue weighted by molar-refractivity contribution is -0.143. The van der Waals surface area contributed by atoms with Crippen molar-refractivity contribution >= 4 is 5.91 Å². The fourth-order valence-corrected chi connectivity index (χ4v) is 2.74. The molecule has 1 saturated heterocycles. The van der Waals surface area contributed by atoms with E-state index < -0.39 is 35.0 Å². The van der Waals surface area contributed by atoms with E-state index in [-0.39, 0.29) is 19.1 Å². The molecular weight excluding hydrogens is 342 g/mol. The Morgan fingerprint density at radius 1 is 1.32 bits per heavy atom. The van der Waals surface area contributed by atoms with E-state index in [2.05, 4.69) is 15.6 Å². The molecular formula is C15H15F4N5O. The van der Waals surface area contributed by atoms with Crippen LogP contribution in [0.25, 0.3) is 5.69 Å². The highest BCUT2D eigenvalue weighted by Gasteiger charge is 2.43. The first kappa shape index (κ1) is 17.3. The lowest BCUT2D eigenvalue weighted by Gasteiger charge is -2.31. The number of carbonyl (C=O) groups is 1. The van der Waals surface area contributed by atoms with Gasteiger partial charge in [0.2, 0.25) is 0 Å². The molecule has 0 saturated carbocycles. The number of carbonyl (C=O) groups excluding carboxylic acids is 1. The molecule has 25 heavy (non-hydrogen) atoms. The Labute approximate surface area is 140 Å². The summed E-state index contributed by atoms with van der Waals surface area (Å²) < 4.78 is 54.9. The van der Waals surface area contributed by atoms with E-state index in [1.54, 1.807) is 0 Å². The van der Waals surface area contributed by atoms with Crippen LogP contribution in [-0.4, -0.2) is 51.5 Å². The summed E-state index contributed by atoms with van der Waals surface area (Å²) >= 11 is 0. The molecule has 6 nitrogen and oxygen atoms in total. The van der Waals surface area contributed by atoms with E-state index >= 15 is 0 Å². The molecule has 134 valence electrons. The predicted octanol–water partition coefficient (Wildman–Crippen LogP) is 1.86. The van der Waals surface area contributed by atoms with Crippen LogP contribution in [0.1, 0.15) is 23.1 Å². The molecule has 1 atom stereocenters. The topological polar surface area (TPSA) is 63.1 Å². The number of rotatable bonds is 2. The van der Waals surface area contributed by atoms with Crippen molar-refractivity contribution in [2.45, 2.75) is 19.1 Å². The first-order valence-corrected chi connectivity index (χ1v) is 7.59. The Hall–Kier alpha value is -2.49. The first-order chi connectivity index (χ1) is 11.8. The van der Waals surface area contributed by atoms with Gasteiger partial charge in [0.25, 0.3) is 5.91 Å².